The number of hydrogen-bond donors (Lipinski definition) is 0. The van der Waals surface area contributed by atoms with Gasteiger partial charge in [-0.05, 0) is 68.0 Å². The molecule has 6 nitrogen and oxygen atoms in total. The summed E-state index contributed by atoms with van der Waals surface area (Å²) in [4.78, 5) is 36.0. The van der Waals surface area contributed by atoms with Crippen molar-refractivity contribution in [1.29, 1.82) is 0 Å². The molecule has 0 saturated carbocycles. The molecule has 0 spiro atoms. The minimum absolute atomic E-state index is 0.0726. The standard InChI is InChI=1S/C28H28O6/c1-16(2)26(29)32-15-21-10-8-19-7-9-20(13-25(19)21)22-11-23(33-27(30)17(3)4)14-24(12-22)34-28(31)18(5)6/h7,9,11-14,21H,1,3,5,8,10,15H2,2,4,6H3. The Morgan fingerprint density at radius 2 is 1.35 bits per heavy atom. The zero-order valence-corrected chi connectivity index (χ0v) is 19.7. The van der Waals surface area contributed by atoms with Gasteiger partial charge in [-0.3, -0.25) is 0 Å². The van der Waals surface area contributed by atoms with Gasteiger partial charge in [-0.25, -0.2) is 14.4 Å². The van der Waals surface area contributed by atoms with E-state index in [1.54, 1.807) is 32.9 Å². The third-order valence-electron chi connectivity index (χ3n) is 5.44. The van der Waals surface area contributed by atoms with Crippen LogP contribution in [0.1, 0.15) is 44.2 Å². The highest BCUT2D eigenvalue weighted by Crippen LogP contribution is 2.38. The molecule has 0 aromatic heterocycles. The Labute approximate surface area is 199 Å². The maximum absolute atomic E-state index is 12.1. The second kappa shape index (κ2) is 10.3. The molecule has 0 heterocycles. The second-order valence-electron chi connectivity index (χ2n) is 8.56. The first-order chi connectivity index (χ1) is 16.0. The van der Waals surface area contributed by atoms with Crippen molar-refractivity contribution in [2.75, 3.05) is 6.61 Å². The Bertz CT molecular complexity index is 1160. The van der Waals surface area contributed by atoms with E-state index in [1.807, 2.05) is 18.2 Å². The highest BCUT2D eigenvalue weighted by atomic mass is 16.5. The molecule has 2 aromatic carbocycles. The van der Waals surface area contributed by atoms with Crippen LogP contribution in [0.25, 0.3) is 11.1 Å². The molecule has 0 N–H and O–H groups in total. The summed E-state index contributed by atoms with van der Waals surface area (Å²) >= 11 is 0. The zero-order valence-electron chi connectivity index (χ0n) is 19.7. The molecule has 176 valence electrons. The van der Waals surface area contributed by atoms with Gasteiger partial charge in [-0.15, -0.1) is 0 Å². The van der Waals surface area contributed by atoms with Crippen LogP contribution in [0, 0.1) is 0 Å². The van der Waals surface area contributed by atoms with Gasteiger partial charge in [0.15, 0.2) is 0 Å². The van der Waals surface area contributed by atoms with Crippen molar-refractivity contribution < 1.29 is 28.6 Å². The molecule has 0 fully saturated rings. The van der Waals surface area contributed by atoms with Crippen molar-refractivity contribution >= 4 is 17.9 Å². The molecule has 34 heavy (non-hydrogen) atoms. The highest BCUT2D eigenvalue weighted by molar-refractivity contribution is 5.90. The fourth-order valence-corrected chi connectivity index (χ4v) is 3.58. The molecule has 1 atom stereocenters. The molecule has 2 aromatic rings. The first-order valence-electron chi connectivity index (χ1n) is 10.9. The number of rotatable bonds is 8. The molecule has 0 radical (unpaired) electrons. The van der Waals surface area contributed by atoms with Gasteiger partial charge < -0.3 is 14.2 Å². The fraction of sp³-hybridized carbons (Fsp3) is 0.250. The first kappa shape index (κ1) is 24.7. The quantitative estimate of drug-likeness (QED) is 0.295. The zero-order chi connectivity index (χ0) is 25.0. The van der Waals surface area contributed by atoms with Crippen molar-refractivity contribution in [1.82, 2.24) is 0 Å². The van der Waals surface area contributed by atoms with E-state index in [4.69, 9.17) is 14.2 Å². The molecule has 1 aliphatic carbocycles. The first-order valence-corrected chi connectivity index (χ1v) is 10.9. The van der Waals surface area contributed by atoms with E-state index in [0.29, 0.717) is 11.1 Å². The summed E-state index contributed by atoms with van der Waals surface area (Å²) < 4.78 is 16.2. The van der Waals surface area contributed by atoms with Crippen molar-refractivity contribution in [2.45, 2.75) is 39.5 Å². The molecule has 0 amide bonds. The Morgan fingerprint density at radius 1 is 0.794 bits per heavy atom. The molecule has 1 aliphatic rings. The third-order valence-corrected chi connectivity index (χ3v) is 5.44. The summed E-state index contributed by atoms with van der Waals surface area (Å²) in [5, 5.41) is 0. The van der Waals surface area contributed by atoms with E-state index in [2.05, 4.69) is 19.7 Å². The normalized spacial score (nSPS) is 14.0. The van der Waals surface area contributed by atoms with Crippen LogP contribution in [0.2, 0.25) is 0 Å². The predicted octanol–water partition coefficient (Wildman–Crippen LogP) is 5.47. The lowest BCUT2D eigenvalue weighted by Gasteiger charge is -2.15. The molecule has 0 aliphatic heterocycles. The minimum Gasteiger partial charge on any atom is -0.462 e. The maximum Gasteiger partial charge on any atom is 0.338 e. The van der Waals surface area contributed by atoms with Gasteiger partial charge >= 0.3 is 17.9 Å². The number of aryl methyl sites for hydroxylation is 1. The molecular weight excluding hydrogens is 432 g/mol. The van der Waals surface area contributed by atoms with Gasteiger partial charge in [0.2, 0.25) is 0 Å². The van der Waals surface area contributed by atoms with Gasteiger partial charge in [-0.2, -0.15) is 0 Å². The fourth-order valence-electron chi connectivity index (χ4n) is 3.58. The number of esters is 3. The van der Waals surface area contributed by atoms with Crippen LogP contribution in [0.3, 0.4) is 0 Å². The van der Waals surface area contributed by atoms with Crippen LogP contribution in [0.15, 0.2) is 72.9 Å². The largest absolute Gasteiger partial charge is 0.462 e. The number of ether oxygens (including phenoxy) is 3. The summed E-state index contributed by atoms with van der Waals surface area (Å²) in [5.74, 6) is -1.04. The SMILES string of the molecule is C=C(C)C(=O)OCC1CCc2ccc(-c3cc(OC(=O)C(=C)C)cc(OC(=O)C(=C)C)c3)cc21. The Balaban J connectivity index is 1.95. The van der Waals surface area contributed by atoms with E-state index in [1.165, 1.54) is 11.6 Å². The maximum atomic E-state index is 12.1. The number of fused-ring (bicyclic) bond motifs is 1. The lowest BCUT2D eigenvalue weighted by atomic mass is 9.96. The van der Waals surface area contributed by atoms with E-state index in [9.17, 15) is 14.4 Å². The van der Waals surface area contributed by atoms with Crippen LogP contribution >= 0.6 is 0 Å². The number of benzene rings is 2. The van der Waals surface area contributed by atoms with Gasteiger partial charge in [0.1, 0.15) is 11.5 Å². The Kier molecular flexibility index (Phi) is 7.51. The van der Waals surface area contributed by atoms with Crippen molar-refractivity contribution in [3.63, 3.8) is 0 Å². The molecule has 1 unspecified atom stereocenters. The van der Waals surface area contributed by atoms with E-state index in [0.717, 1.165) is 24.0 Å². The van der Waals surface area contributed by atoms with Crippen molar-refractivity contribution in [3.8, 4) is 22.6 Å². The molecule has 0 saturated heterocycles. The predicted molar refractivity (Wildman–Crippen MR) is 130 cm³/mol. The lowest BCUT2D eigenvalue weighted by molar-refractivity contribution is -0.139. The Morgan fingerprint density at radius 3 is 1.88 bits per heavy atom. The summed E-state index contributed by atoms with van der Waals surface area (Å²) in [6.07, 6.45) is 1.77. The van der Waals surface area contributed by atoms with Crippen LogP contribution in [0.4, 0.5) is 0 Å². The van der Waals surface area contributed by atoms with Crippen molar-refractivity contribution in [3.05, 3.63) is 84.0 Å². The minimum atomic E-state index is -0.581. The van der Waals surface area contributed by atoms with Gasteiger partial charge in [0, 0.05) is 28.7 Å². The number of carbonyl (C=O) groups excluding carboxylic acids is 3. The topological polar surface area (TPSA) is 78.9 Å². The average molecular weight is 461 g/mol. The molecular formula is C28H28O6. The summed E-state index contributed by atoms with van der Waals surface area (Å²) in [7, 11) is 0. The number of carbonyl (C=O) groups is 3. The average Bonchev–Trinajstić information content (AvgIpc) is 3.19. The van der Waals surface area contributed by atoms with Crippen LogP contribution in [0.5, 0.6) is 11.5 Å². The van der Waals surface area contributed by atoms with Crippen LogP contribution in [-0.4, -0.2) is 24.5 Å². The lowest BCUT2D eigenvalue weighted by Crippen LogP contribution is -2.11. The van der Waals surface area contributed by atoms with E-state index in [-0.39, 0.29) is 35.2 Å². The molecule has 6 heteroatoms. The van der Waals surface area contributed by atoms with Gasteiger partial charge in [0.05, 0.1) is 6.61 Å². The number of hydrogen-bond acceptors (Lipinski definition) is 6. The highest BCUT2D eigenvalue weighted by Gasteiger charge is 2.25. The third kappa shape index (κ3) is 5.90. The van der Waals surface area contributed by atoms with E-state index >= 15 is 0 Å². The van der Waals surface area contributed by atoms with Crippen LogP contribution < -0.4 is 9.47 Å². The molecule has 0 bridgehead atoms. The van der Waals surface area contributed by atoms with Crippen LogP contribution in [-0.2, 0) is 25.5 Å². The monoisotopic (exact) mass is 460 g/mol. The van der Waals surface area contributed by atoms with E-state index < -0.39 is 17.9 Å². The molecule has 3 rings (SSSR count). The summed E-state index contributed by atoms with van der Waals surface area (Å²) in [6.45, 7) is 15.8. The van der Waals surface area contributed by atoms with Gasteiger partial charge in [0.25, 0.3) is 0 Å². The smallest absolute Gasteiger partial charge is 0.338 e. The Hall–Kier alpha value is -3.93. The second-order valence-corrected chi connectivity index (χ2v) is 8.56. The summed E-state index contributed by atoms with van der Waals surface area (Å²) in [5.41, 5.74) is 4.69. The van der Waals surface area contributed by atoms with Crippen molar-refractivity contribution in [2.24, 2.45) is 0 Å². The summed E-state index contributed by atoms with van der Waals surface area (Å²) in [6, 6.07) is 10.9. The van der Waals surface area contributed by atoms with Gasteiger partial charge in [-0.1, -0.05) is 37.9 Å².